The van der Waals surface area contributed by atoms with E-state index < -0.39 is 14.8 Å². The van der Waals surface area contributed by atoms with Gasteiger partial charge < -0.3 is 0 Å². The Labute approximate surface area is 126 Å². The topological polar surface area (TPSA) is 89.6 Å². The van der Waals surface area contributed by atoms with Crippen molar-refractivity contribution in [3.63, 3.8) is 0 Å². The number of nitrogens with zero attached hydrogens (tertiary/aromatic N) is 2. The molecule has 22 heavy (non-hydrogen) atoms. The molecule has 0 spiro atoms. The van der Waals surface area contributed by atoms with Crippen LogP contribution in [-0.4, -0.2) is 19.1 Å². The lowest BCUT2D eigenvalue weighted by Gasteiger charge is -2.09. The number of sulfone groups is 1. The molecule has 0 atom stereocenters. The highest BCUT2D eigenvalue weighted by molar-refractivity contribution is 7.94. The van der Waals surface area contributed by atoms with Crippen molar-refractivity contribution >= 4 is 21.2 Å². The van der Waals surface area contributed by atoms with E-state index in [9.17, 15) is 18.5 Å². The molecule has 1 aliphatic rings. The molecule has 6 nitrogen and oxygen atoms in total. The third-order valence-electron chi connectivity index (χ3n) is 3.24. The Kier molecular flexibility index (Phi) is 3.34. The molecule has 1 heterocycles. The van der Waals surface area contributed by atoms with Crippen LogP contribution in [-0.2, 0) is 9.84 Å². The maximum absolute atomic E-state index is 12.2. The van der Waals surface area contributed by atoms with E-state index >= 15 is 0 Å². The van der Waals surface area contributed by atoms with Crippen LogP contribution in [0.3, 0.4) is 0 Å². The zero-order chi connectivity index (χ0) is 15.7. The van der Waals surface area contributed by atoms with E-state index in [0.29, 0.717) is 16.8 Å². The largest absolute Gasteiger partial charge is 0.269 e. The Morgan fingerprint density at radius 1 is 1.00 bits per heavy atom. The van der Waals surface area contributed by atoms with Gasteiger partial charge in [-0.2, -0.15) is 0 Å². The molecule has 0 amide bonds. The first kappa shape index (κ1) is 14.2. The van der Waals surface area contributed by atoms with Crippen LogP contribution in [0.25, 0.3) is 0 Å². The molecule has 0 radical (unpaired) electrons. The lowest BCUT2D eigenvalue weighted by atomic mass is 10.0. The number of aliphatic imine (C=N–C) groups is 1. The fraction of sp³-hybridized carbons (Fsp3) is 0. The van der Waals surface area contributed by atoms with E-state index in [0.717, 1.165) is 5.41 Å². The van der Waals surface area contributed by atoms with Gasteiger partial charge in [-0.25, -0.2) is 8.42 Å². The quantitative estimate of drug-likeness (QED) is 0.629. The maximum atomic E-state index is 12.2. The zero-order valence-electron chi connectivity index (χ0n) is 11.2. The van der Waals surface area contributed by atoms with Gasteiger partial charge >= 0.3 is 0 Å². The molecule has 0 saturated carbocycles. The van der Waals surface area contributed by atoms with Crippen molar-refractivity contribution < 1.29 is 13.3 Å². The highest BCUT2D eigenvalue weighted by Gasteiger charge is 2.22. The van der Waals surface area contributed by atoms with E-state index in [2.05, 4.69) is 4.99 Å². The number of fused-ring (bicyclic) bond motifs is 1. The molecule has 2 aromatic rings. The van der Waals surface area contributed by atoms with Crippen molar-refractivity contribution in [2.45, 2.75) is 4.90 Å². The van der Waals surface area contributed by atoms with Crippen molar-refractivity contribution in [3.8, 4) is 0 Å². The summed E-state index contributed by atoms with van der Waals surface area (Å²) in [5.41, 5.74) is 1.51. The molecule has 2 aromatic carbocycles. The number of nitro groups is 1. The van der Waals surface area contributed by atoms with Gasteiger partial charge in [0, 0.05) is 29.5 Å². The van der Waals surface area contributed by atoms with Gasteiger partial charge in [-0.3, -0.25) is 15.1 Å². The summed E-state index contributed by atoms with van der Waals surface area (Å²) < 4.78 is 24.3. The van der Waals surface area contributed by atoms with Gasteiger partial charge in [0.1, 0.15) is 0 Å². The lowest BCUT2D eigenvalue weighted by Crippen LogP contribution is -2.08. The van der Waals surface area contributed by atoms with E-state index in [1.165, 1.54) is 24.4 Å². The van der Waals surface area contributed by atoms with E-state index in [-0.39, 0.29) is 10.6 Å². The summed E-state index contributed by atoms with van der Waals surface area (Å²) in [4.78, 5) is 14.6. The van der Waals surface area contributed by atoms with E-state index in [1.807, 2.05) is 0 Å². The highest BCUT2D eigenvalue weighted by atomic mass is 32.2. The molecule has 110 valence electrons. The van der Waals surface area contributed by atoms with Crippen LogP contribution >= 0.6 is 0 Å². The number of nitro benzene ring substituents is 1. The Hall–Kier alpha value is -2.80. The second kappa shape index (κ2) is 5.19. The minimum absolute atomic E-state index is 0.0329. The molecule has 0 unspecified atom stereocenters. The normalized spacial score (nSPS) is 15.5. The van der Waals surface area contributed by atoms with Crippen LogP contribution in [0.4, 0.5) is 5.69 Å². The van der Waals surface area contributed by atoms with Gasteiger partial charge in [-0.05, 0) is 18.2 Å². The SMILES string of the molecule is O=[N+]([O-])c1ccc(C2=NC=CS(=O)(=O)c3ccccc32)cc1. The average Bonchev–Trinajstić information content (AvgIpc) is 2.64. The van der Waals surface area contributed by atoms with Gasteiger partial charge in [0.05, 0.1) is 20.9 Å². The van der Waals surface area contributed by atoms with Crippen LogP contribution in [0, 0.1) is 10.1 Å². The van der Waals surface area contributed by atoms with Crippen LogP contribution in [0.15, 0.2) is 70.0 Å². The predicted octanol–water partition coefficient (Wildman–Crippen LogP) is 2.69. The van der Waals surface area contributed by atoms with Crippen molar-refractivity contribution in [3.05, 3.63) is 81.4 Å². The lowest BCUT2D eigenvalue weighted by molar-refractivity contribution is -0.384. The molecule has 0 bridgehead atoms. The molecule has 0 saturated heterocycles. The van der Waals surface area contributed by atoms with Crippen LogP contribution in [0.2, 0.25) is 0 Å². The highest BCUT2D eigenvalue weighted by Crippen LogP contribution is 2.25. The molecule has 0 aliphatic carbocycles. The molecule has 3 rings (SSSR count). The summed E-state index contributed by atoms with van der Waals surface area (Å²) >= 11 is 0. The van der Waals surface area contributed by atoms with Crippen molar-refractivity contribution in [1.29, 1.82) is 0 Å². The molecule has 7 heteroatoms. The minimum atomic E-state index is -3.54. The first-order chi connectivity index (χ1) is 10.5. The average molecular weight is 314 g/mol. The van der Waals surface area contributed by atoms with Crippen LogP contribution in [0.5, 0.6) is 0 Å². The first-order valence-electron chi connectivity index (χ1n) is 6.33. The Morgan fingerprint density at radius 2 is 1.68 bits per heavy atom. The van der Waals surface area contributed by atoms with Gasteiger partial charge in [-0.15, -0.1) is 0 Å². The van der Waals surface area contributed by atoms with Crippen LogP contribution < -0.4 is 0 Å². The molecule has 1 aliphatic heterocycles. The van der Waals surface area contributed by atoms with Gasteiger partial charge in [0.15, 0.2) is 0 Å². The standard InChI is InChI=1S/C15H10N2O4S/c18-17(19)12-7-5-11(6-8-12)15-13-3-1-2-4-14(13)22(20,21)10-9-16-15/h1-10H. The number of hydrogen-bond donors (Lipinski definition) is 0. The summed E-state index contributed by atoms with van der Waals surface area (Å²) in [6.45, 7) is 0. The Balaban J connectivity index is 2.17. The number of non-ortho nitro benzene ring substituents is 1. The predicted molar refractivity (Wildman–Crippen MR) is 81.5 cm³/mol. The van der Waals surface area contributed by atoms with E-state index in [4.69, 9.17) is 0 Å². The van der Waals surface area contributed by atoms with Gasteiger partial charge in [0.2, 0.25) is 9.84 Å². The zero-order valence-corrected chi connectivity index (χ0v) is 12.0. The summed E-state index contributed by atoms with van der Waals surface area (Å²) in [6, 6.07) is 12.4. The minimum Gasteiger partial charge on any atom is -0.258 e. The Bertz CT molecular complexity index is 913. The maximum Gasteiger partial charge on any atom is 0.269 e. The van der Waals surface area contributed by atoms with E-state index in [1.54, 1.807) is 30.3 Å². The summed E-state index contributed by atoms with van der Waals surface area (Å²) in [7, 11) is -3.54. The Morgan fingerprint density at radius 3 is 2.36 bits per heavy atom. The summed E-state index contributed by atoms with van der Waals surface area (Å²) in [6.07, 6.45) is 1.23. The summed E-state index contributed by atoms with van der Waals surface area (Å²) in [5.74, 6) is 0. The van der Waals surface area contributed by atoms with Crippen LogP contribution in [0.1, 0.15) is 11.1 Å². The fourth-order valence-electron chi connectivity index (χ4n) is 2.21. The second-order valence-corrected chi connectivity index (χ2v) is 6.41. The fourth-order valence-corrected chi connectivity index (χ4v) is 3.32. The van der Waals surface area contributed by atoms with Crippen molar-refractivity contribution in [1.82, 2.24) is 0 Å². The number of benzene rings is 2. The summed E-state index contributed by atoms with van der Waals surface area (Å²) in [5, 5.41) is 11.8. The second-order valence-electron chi connectivity index (χ2n) is 4.61. The molecule has 0 N–H and O–H groups in total. The number of rotatable bonds is 2. The van der Waals surface area contributed by atoms with Crippen molar-refractivity contribution in [2.24, 2.45) is 4.99 Å². The molecular formula is C15H10N2O4S. The molecule has 0 fully saturated rings. The third kappa shape index (κ3) is 2.42. The monoisotopic (exact) mass is 314 g/mol. The smallest absolute Gasteiger partial charge is 0.258 e. The van der Waals surface area contributed by atoms with Gasteiger partial charge in [0.25, 0.3) is 5.69 Å². The third-order valence-corrected chi connectivity index (χ3v) is 4.69. The van der Waals surface area contributed by atoms with Gasteiger partial charge in [-0.1, -0.05) is 18.2 Å². The molecular weight excluding hydrogens is 304 g/mol. The van der Waals surface area contributed by atoms with Crippen molar-refractivity contribution in [2.75, 3.05) is 0 Å². The first-order valence-corrected chi connectivity index (χ1v) is 7.87. The number of hydrogen-bond acceptors (Lipinski definition) is 5. The molecule has 0 aromatic heterocycles.